The zero-order valence-corrected chi connectivity index (χ0v) is 10.5. The molecule has 1 N–H and O–H groups in total. The van der Waals surface area contributed by atoms with Crippen LogP contribution in [0.15, 0.2) is 22.8 Å². The van der Waals surface area contributed by atoms with E-state index in [0.29, 0.717) is 15.5 Å². The van der Waals surface area contributed by atoms with Gasteiger partial charge >= 0.3 is 5.97 Å². The molecule has 0 saturated heterocycles. The molecule has 0 aliphatic rings. The molecule has 0 bridgehead atoms. The number of aryl methyl sites for hydroxylation is 2. The predicted molar refractivity (Wildman–Crippen MR) is 65.9 cm³/mol. The highest BCUT2D eigenvalue weighted by molar-refractivity contribution is 9.10. The minimum Gasteiger partial charge on any atom is -0.478 e. The predicted octanol–water partition coefficient (Wildman–Crippen LogP) is 3.31. The fraction of sp³-hybridized carbons (Fsp3) is 0.167. The Hall–Kier alpha value is -1.42. The second-order valence-electron chi connectivity index (χ2n) is 3.75. The monoisotopic (exact) mass is 279 g/mol. The van der Waals surface area contributed by atoms with E-state index in [1.165, 1.54) is 6.07 Å². The largest absolute Gasteiger partial charge is 0.478 e. The number of rotatable bonds is 1. The van der Waals surface area contributed by atoms with Crippen molar-refractivity contribution in [3.63, 3.8) is 0 Å². The highest BCUT2D eigenvalue weighted by atomic mass is 79.9. The van der Waals surface area contributed by atoms with Crippen LogP contribution < -0.4 is 0 Å². The van der Waals surface area contributed by atoms with Crippen molar-refractivity contribution in [1.82, 2.24) is 4.98 Å². The second kappa shape index (κ2) is 3.87. The van der Waals surface area contributed by atoms with Crippen LogP contribution >= 0.6 is 15.9 Å². The number of carboxylic acids is 1. The number of aromatic carboxylic acids is 1. The molecule has 0 saturated carbocycles. The fourth-order valence-corrected chi connectivity index (χ4v) is 2.05. The summed E-state index contributed by atoms with van der Waals surface area (Å²) in [5.74, 6) is -0.934. The average molecular weight is 280 g/mol. The summed E-state index contributed by atoms with van der Waals surface area (Å²) in [6, 6.07) is 5.30. The van der Waals surface area contributed by atoms with Crippen LogP contribution in [0.4, 0.5) is 0 Å². The number of hydrogen-bond acceptors (Lipinski definition) is 2. The van der Waals surface area contributed by atoms with Crippen molar-refractivity contribution in [3.05, 3.63) is 39.5 Å². The molecule has 2 aromatic rings. The summed E-state index contributed by atoms with van der Waals surface area (Å²) < 4.78 is 0.542. The van der Waals surface area contributed by atoms with Crippen molar-refractivity contribution in [1.29, 1.82) is 0 Å². The van der Waals surface area contributed by atoms with Crippen LogP contribution in [0.1, 0.15) is 21.5 Å². The Bertz CT molecular complexity index is 593. The van der Waals surface area contributed by atoms with Crippen molar-refractivity contribution in [2.75, 3.05) is 0 Å². The van der Waals surface area contributed by atoms with E-state index in [1.807, 2.05) is 26.0 Å². The Morgan fingerprint density at radius 2 is 1.88 bits per heavy atom. The first-order chi connectivity index (χ1) is 7.49. The molecule has 1 heterocycles. The van der Waals surface area contributed by atoms with Crippen molar-refractivity contribution in [2.24, 2.45) is 0 Å². The standard InChI is InChI=1S/C12H10BrNO2/c1-6-3-8-9(12(15)16)5-11(13)14-10(8)4-7(6)2/h3-5H,1-2H3,(H,15,16). The zero-order chi connectivity index (χ0) is 11.9. The van der Waals surface area contributed by atoms with Gasteiger partial charge in [-0.15, -0.1) is 0 Å². The van der Waals surface area contributed by atoms with E-state index in [4.69, 9.17) is 5.11 Å². The van der Waals surface area contributed by atoms with Gasteiger partial charge in [0.25, 0.3) is 0 Å². The lowest BCUT2D eigenvalue weighted by Gasteiger charge is -2.06. The normalized spacial score (nSPS) is 10.7. The molecule has 0 aliphatic carbocycles. The summed E-state index contributed by atoms with van der Waals surface area (Å²) >= 11 is 3.22. The Kier molecular flexibility index (Phi) is 2.68. The van der Waals surface area contributed by atoms with Crippen LogP contribution in [0.2, 0.25) is 0 Å². The first-order valence-corrected chi connectivity index (χ1v) is 5.59. The molecule has 82 valence electrons. The molecular weight excluding hydrogens is 270 g/mol. The minimum atomic E-state index is -0.934. The number of nitrogens with zero attached hydrogens (tertiary/aromatic N) is 1. The van der Waals surface area contributed by atoms with Gasteiger partial charge in [0.05, 0.1) is 11.1 Å². The molecule has 0 atom stereocenters. The summed E-state index contributed by atoms with van der Waals surface area (Å²) in [4.78, 5) is 15.4. The maximum Gasteiger partial charge on any atom is 0.336 e. The molecule has 0 radical (unpaired) electrons. The van der Waals surface area contributed by atoms with Crippen molar-refractivity contribution >= 4 is 32.8 Å². The Labute approximate surface area is 101 Å². The molecule has 0 spiro atoms. The summed E-state index contributed by atoms with van der Waals surface area (Å²) in [6.45, 7) is 3.94. The third-order valence-corrected chi connectivity index (χ3v) is 3.03. The van der Waals surface area contributed by atoms with Crippen LogP contribution in [0.3, 0.4) is 0 Å². The number of halogens is 1. The van der Waals surface area contributed by atoms with Gasteiger partial charge in [-0.05, 0) is 59.1 Å². The number of carboxylic acid groups (broad SMARTS) is 1. The second-order valence-corrected chi connectivity index (χ2v) is 4.56. The molecule has 0 amide bonds. The van der Waals surface area contributed by atoms with E-state index in [-0.39, 0.29) is 5.56 Å². The van der Waals surface area contributed by atoms with E-state index in [0.717, 1.165) is 11.1 Å². The van der Waals surface area contributed by atoms with Gasteiger partial charge in [-0.3, -0.25) is 0 Å². The van der Waals surface area contributed by atoms with E-state index >= 15 is 0 Å². The first kappa shape index (κ1) is 11.1. The molecule has 0 unspecified atom stereocenters. The van der Waals surface area contributed by atoms with Gasteiger partial charge in [-0.25, -0.2) is 9.78 Å². The molecule has 0 aliphatic heterocycles. The third-order valence-electron chi connectivity index (χ3n) is 2.62. The lowest BCUT2D eigenvalue weighted by molar-refractivity contribution is 0.0699. The maximum absolute atomic E-state index is 11.1. The quantitative estimate of drug-likeness (QED) is 0.815. The molecule has 4 heteroatoms. The molecule has 1 aromatic heterocycles. The highest BCUT2D eigenvalue weighted by Gasteiger charge is 2.11. The van der Waals surface area contributed by atoms with Gasteiger partial charge < -0.3 is 5.11 Å². The smallest absolute Gasteiger partial charge is 0.336 e. The molecule has 0 fully saturated rings. The van der Waals surface area contributed by atoms with Crippen LogP contribution in [-0.4, -0.2) is 16.1 Å². The fourth-order valence-electron chi connectivity index (χ4n) is 1.63. The number of fused-ring (bicyclic) bond motifs is 1. The topological polar surface area (TPSA) is 50.2 Å². The number of hydrogen-bond donors (Lipinski definition) is 1. The highest BCUT2D eigenvalue weighted by Crippen LogP contribution is 2.24. The van der Waals surface area contributed by atoms with Gasteiger partial charge in [0.1, 0.15) is 4.60 Å². The van der Waals surface area contributed by atoms with Gasteiger partial charge in [-0.1, -0.05) is 0 Å². The third kappa shape index (κ3) is 1.80. The summed E-state index contributed by atoms with van der Waals surface area (Å²) in [7, 11) is 0. The van der Waals surface area contributed by atoms with Crippen LogP contribution in [-0.2, 0) is 0 Å². The van der Waals surface area contributed by atoms with Gasteiger partial charge in [0.2, 0.25) is 0 Å². The van der Waals surface area contributed by atoms with Crippen LogP contribution in [0, 0.1) is 13.8 Å². The Morgan fingerprint density at radius 1 is 1.25 bits per heavy atom. The number of carbonyl (C=O) groups is 1. The summed E-state index contributed by atoms with van der Waals surface area (Å²) in [6.07, 6.45) is 0. The number of benzene rings is 1. The molecule has 3 nitrogen and oxygen atoms in total. The zero-order valence-electron chi connectivity index (χ0n) is 8.91. The summed E-state index contributed by atoms with van der Waals surface area (Å²) in [5.41, 5.74) is 3.16. The average Bonchev–Trinajstić information content (AvgIpc) is 2.19. The lowest BCUT2D eigenvalue weighted by atomic mass is 10.0. The summed E-state index contributed by atoms with van der Waals surface area (Å²) in [5, 5.41) is 9.80. The van der Waals surface area contributed by atoms with Crippen LogP contribution in [0.25, 0.3) is 10.9 Å². The Balaban J connectivity index is 2.90. The molecular formula is C12H10BrNO2. The lowest BCUT2D eigenvalue weighted by Crippen LogP contribution is -2.00. The first-order valence-electron chi connectivity index (χ1n) is 4.80. The molecule has 1 aromatic carbocycles. The van der Waals surface area contributed by atoms with Crippen LogP contribution in [0.5, 0.6) is 0 Å². The van der Waals surface area contributed by atoms with Crippen molar-refractivity contribution in [2.45, 2.75) is 13.8 Å². The minimum absolute atomic E-state index is 0.278. The number of aromatic nitrogens is 1. The Morgan fingerprint density at radius 3 is 2.50 bits per heavy atom. The van der Waals surface area contributed by atoms with Gasteiger partial charge in [-0.2, -0.15) is 0 Å². The molecule has 16 heavy (non-hydrogen) atoms. The van der Waals surface area contributed by atoms with Gasteiger partial charge in [0.15, 0.2) is 0 Å². The van der Waals surface area contributed by atoms with Gasteiger partial charge in [0, 0.05) is 5.39 Å². The SMILES string of the molecule is Cc1cc2nc(Br)cc(C(=O)O)c2cc1C. The molecule has 2 rings (SSSR count). The van der Waals surface area contributed by atoms with E-state index in [9.17, 15) is 4.79 Å². The van der Waals surface area contributed by atoms with Crippen molar-refractivity contribution < 1.29 is 9.90 Å². The van der Waals surface area contributed by atoms with E-state index < -0.39 is 5.97 Å². The maximum atomic E-state index is 11.1. The van der Waals surface area contributed by atoms with E-state index in [2.05, 4.69) is 20.9 Å². The number of pyridine rings is 1. The van der Waals surface area contributed by atoms with E-state index in [1.54, 1.807) is 0 Å². The van der Waals surface area contributed by atoms with Crippen molar-refractivity contribution in [3.8, 4) is 0 Å².